The van der Waals surface area contributed by atoms with Crippen molar-refractivity contribution < 1.29 is 9.53 Å². The summed E-state index contributed by atoms with van der Waals surface area (Å²) in [4.78, 5) is 35.9. The number of nitrogens with zero attached hydrogens (tertiary/aromatic N) is 4. The zero-order valence-electron chi connectivity index (χ0n) is 14.6. The van der Waals surface area contributed by atoms with Gasteiger partial charge >= 0.3 is 0 Å². The molecule has 0 aromatic carbocycles. The van der Waals surface area contributed by atoms with Gasteiger partial charge in [-0.05, 0) is 12.0 Å². The first-order valence-electron chi connectivity index (χ1n) is 8.57. The van der Waals surface area contributed by atoms with Gasteiger partial charge in [0.05, 0.1) is 18.5 Å². The molecule has 2 aromatic heterocycles. The quantitative estimate of drug-likeness (QED) is 0.809. The van der Waals surface area contributed by atoms with Crippen molar-refractivity contribution in [2.24, 2.45) is 0 Å². The smallest absolute Gasteiger partial charge is 0.262 e. The summed E-state index contributed by atoms with van der Waals surface area (Å²) in [5.74, 6) is 0.754. The topological polar surface area (TPSA) is 67.7 Å². The minimum atomic E-state index is 0.0194. The molecule has 7 nitrogen and oxygen atoms in total. The lowest BCUT2D eigenvalue weighted by Gasteiger charge is -2.26. The van der Waals surface area contributed by atoms with Gasteiger partial charge in [-0.25, -0.2) is 4.98 Å². The maximum atomic E-state index is 13.1. The number of carbonyl (C=O) groups is 1. The highest BCUT2D eigenvalue weighted by Crippen LogP contribution is 2.32. The van der Waals surface area contributed by atoms with Gasteiger partial charge in [-0.1, -0.05) is 0 Å². The number of hydrogen-bond donors (Lipinski definition) is 0. The molecule has 0 spiro atoms. The van der Waals surface area contributed by atoms with Gasteiger partial charge in [-0.3, -0.25) is 19.1 Å². The summed E-state index contributed by atoms with van der Waals surface area (Å²) in [6.07, 6.45) is 1.22. The number of amides is 1. The first kappa shape index (κ1) is 16.7. The van der Waals surface area contributed by atoms with E-state index >= 15 is 0 Å². The van der Waals surface area contributed by atoms with Gasteiger partial charge in [0, 0.05) is 51.6 Å². The van der Waals surface area contributed by atoms with Crippen LogP contribution in [-0.4, -0.2) is 59.1 Å². The Morgan fingerprint density at radius 2 is 2.04 bits per heavy atom. The monoisotopic (exact) mass is 362 g/mol. The molecule has 25 heavy (non-hydrogen) atoms. The van der Waals surface area contributed by atoms with E-state index in [1.54, 1.807) is 35.0 Å². The molecule has 1 amide bonds. The lowest BCUT2D eigenvalue weighted by molar-refractivity contribution is -0.130. The van der Waals surface area contributed by atoms with Crippen LogP contribution in [0.5, 0.6) is 0 Å². The van der Waals surface area contributed by atoms with Crippen molar-refractivity contribution in [2.45, 2.75) is 32.5 Å². The molecule has 0 bridgehead atoms. The minimum Gasteiger partial charge on any atom is -0.383 e. The van der Waals surface area contributed by atoms with E-state index in [0.29, 0.717) is 25.3 Å². The maximum absolute atomic E-state index is 13.1. The molecule has 2 aliphatic heterocycles. The summed E-state index contributed by atoms with van der Waals surface area (Å²) in [5.41, 5.74) is 1.18. The average Bonchev–Trinajstić information content (AvgIpc) is 2.89. The number of fused-ring (bicyclic) bond motifs is 4. The highest BCUT2D eigenvalue weighted by Gasteiger charge is 2.26. The van der Waals surface area contributed by atoms with Crippen LogP contribution in [0, 0.1) is 0 Å². The predicted octanol–water partition coefficient (Wildman–Crippen LogP) is 0.825. The van der Waals surface area contributed by atoms with Gasteiger partial charge in [0.2, 0.25) is 5.91 Å². The third kappa shape index (κ3) is 2.88. The number of hydrogen-bond acceptors (Lipinski definition) is 6. The van der Waals surface area contributed by atoms with Crippen molar-refractivity contribution in [1.82, 2.24) is 19.4 Å². The van der Waals surface area contributed by atoms with Crippen LogP contribution >= 0.6 is 11.3 Å². The van der Waals surface area contributed by atoms with E-state index in [2.05, 4.69) is 4.90 Å². The largest absolute Gasteiger partial charge is 0.383 e. The molecular formula is C17H22N4O3S. The molecule has 2 aliphatic rings. The van der Waals surface area contributed by atoms with Crippen molar-refractivity contribution in [3.63, 3.8) is 0 Å². The lowest BCUT2D eigenvalue weighted by Crippen LogP contribution is -2.33. The molecule has 0 radical (unpaired) electrons. The Morgan fingerprint density at radius 1 is 1.20 bits per heavy atom. The van der Waals surface area contributed by atoms with Crippen LogP contribution in [0.3, 0.4) is 0 Å². The molecule has 0 fully saturated rings. The fourth-order valence-electron chi connectivity index (χ4n) is 3.63. The first-order chi connectivity index (χ1) is 12.1. The van der Waals surface area contributed by atoms with Gasteiger partial charge in [-0.15, -0.1) is 11.3 Å². The molecule has 4 rings (SSSR count). The van der Waals surface area contributed by atoms with Crippen LogP contribution in [0.25, 0.3) is 10.2 Å². The van der Waals surface area contributed by atoms with Crippen LogP contribution in [0.4, 0.5) is 0 Å². The Morgan fingerprint density at radius 3 is 2.84 bits per heavy atom. The fourth-order valence-corrected chi connectivity index (χ4v) is 4.90. The fraction of sp³-hybridized carbons (Fsp3) is 0.588. The maximum Gasteiger partial charge on any atom is 0.262 e. The van der Waals surface area contributed by atoms with Crippen molar-refractivity contribution in [3.05, 3.63) is 26.6 Å². The van der Waals surface area contributed by atoms with E-state index in [1.807, 2.05) is 0 Å². The molecule has 2 aromatic rings. The third-order valence-electron chi connectivity index (χ3n) is 5.08. The van der Waals surface area contributed by atoms with Crippen LogP contribution in [0.15, 0.2) is 4.79 Å². The van der Waals surface area contributed by atoms with E-state index in [1.165, 1.54) is 4.88 Å². The molecule has 0 aliphatic carbocycles. The molecule has 0 saturated heterocycles. The minimum absolute atomic E-state index is 0.0194. The number of carbonyl (C=O) groups excluding carboxylic acids is 1. The molecule has 134 valence electrons. The summed E-state index contributed by atoms with van der Waals surface area (Å²) in [7, 11) is 3.48. The van der Waals surface area contributed by atoms with Gasteiger partial charge < -0.3 is 9.64 Å². The second-order valence-electron chi connectivity index (χ2n) is 6.69. The van der Waals surface area contributed by atoms with Gasteiger partial charge in [0.1, 0.15) is 10.7 Å². The highest BCUT2D eigenvalue weighted by atomic mass is 32.1. The Balaban J connectivity index is 1.76. The molecular weight excluding hydrogens is 340 g/mol. The Kier molecular flexibility index (Phi) is 4.35. The second kappa shape index (κ2) is 6.51. The van der Waals surface area contributed by atoms with Gasteiger partial charge in [0.25, 0.3) is 5.56 Å². The average molecular weight is 362 g/mol. The summed E-state index contributed by atoms with van der Waals surface area (Å²) in [6.45, 7) is 4.23. The standard InChI is InChI=1S/C17H22N4O3S/c1-19-10-13-18-16-15(17(23)21(13)6-4-14(19)22)11-3-5-20(7-8-24-2)9-12(11)25-16/h3-10H2,1-2H3. The predicted molar refractivity (Wildman–Crippen MR) is 95.8 cm³/mol. The summed E-state index contributed by atoms with van der Waals surface area (Å²) in [5, 5.41) is 0.771. The summed E-state index contributed by atoms with van der Waals surface area (Å²) < 4.78 is 6.87. The molecule has 8 heteroatoms. The second-order valence-corrected chi connectivity index (χ2v) is 7.77. The van der Waals surface area contributed by atoms with Gasteiger partial charge in [-0.2, -0.15) is 0 Å². The summed E-state index contributed by atoms with van der Waals surface area (Å²) >= 11 is 1.62. The third-order valence-corrected chi connectivity index (χ3v) is 6.19. The normalized spacial score (nSPS) is 18.3. The molecule has 0 saturated carbocycles. The lowest BCUT2D eigenvalue weighted by atomic mass is 10.1. The first-order valence-corrected chi connectivity index (χ1v) is 9.39. The van der Waals surface area contributed by atoms with E-state index in [9.17, 15) is 9.59 Å². The number of aromatic nitrogens is 2. The highest BCUT2D eigenvalue weighted by molar-refractivity contribution is 7.18. The van der Waals surface area contributed by atoms with Crippen molar-refractivity contribution in [1.29, 1.82) is 0 Å². The van der Waals surface area contributed by atoms with Crippen LogP contribution in [-0.2, 0) is 35.6 Å². The van der Waals surface area contributed by atoms with Crippen molar-refractivity contribution >= 4 is 27.5 Å². The number of methoxy groups -OCH3 is 1. The van der Waals surface area contributed by atoms with Crippen molar-refractivity contribution in [2.75, 3.05) is 33.9 Å². The zero-order chi connectivity index (χ0) is 17.6. The van der Waals surface area contributed by atoms with Crippen molar-refractivity contribution in [3.8, 4) is 0 Å². The van der Waals surface area contributed by atoms with E-state index in [4.69, 9.17) is 9.72 Å². The number of rotatable bonds is 3. The van der Waals surface area contributed by atoms with E-state index < -0.39 is 0 Å². The number of thiophene rings is 1. The summed E-state index contributed by atoms with van der Waals surface area (Å²) in [6, 6.07) is 0. The van der Waals surface area contributed by atoms with Crippen LogP contribution in [0.2, 0.25) is 0 Å². The van der Waals surface area contributed by atoms with Gasteiger partial charge in [0.15, 0.2) is 0 Å². The molecule has 0 unspecified atom stereocenters. The number of ether oxygens (including phenoxy) is 1. The van der Waals surface area contributed by atoms with E-state index in [-0.39, 0.29) is 11.5 Å². The Hall–Kier alpha value is -1.77. The molecule has 0 N–H and O–H groups in total. The Labute approximate surface area is 149 Å². The molecule has 0 atom stereocenters. The van der Waals surface area contributed by atoms with Crippen LogP contribution in [0.1, 0.15) is 22.7 Å². The van der Waals surface area contributed by atoms with E-state index in [0.717, 1.165) is 48.4 Å². The SMILES string of the molecule is COCCN1CCc2c(sc3nc4n(c(=O)c23)CCC(=O)N(C)C4)C1. The molecule has 4 heterocycles. The Bertz CT molecular complexity index is 888. The zero-order valence-corrected chi connectivity index (χ0v) is 15.4. The van der Waals surface area contributed by atoms with Crippen LogP contribution < -0.4 is 5.56 Å².